The topological polar surface area (TPSA) is 74.8 Å². The quantitative estimate of drug-likeness (QED) is 0.371. The highest BCUT2D eigenvalue weighted by Gasteiger charge is 2.54. The third-order valence-corrected chi connectivity index (χ3v) is 6.70. The van der Waals surface area contributed by atoms with Crippen LogP contribution in [0.3, 0.4) is 0 Å². The first-order valence-electron chi connectivity index (χ1n) is 10.9. The maximum absolute atomic E-state index is 13.6. The van der Waals surface area contributed by atoms with E-state index in [0.29, 0.717) is 17.0 Å². The minimum atomic E-state index is -1.08. The van der Waals surface area contributed by atoms with Crippen molar-refractivity contribution in [3.8, 4) is 0 Å². The molecule has 6 nitrogen and oxygen atoms in total. The molecule has 1 saturated heterocycles. The van der Waals surface area contributed by atoms with Crippen molar-refractivity contribution in [1.29, 1.82) is 0 Å². The number of carbonyl (C=O) groups is 4. The van der Waals surface area contributed by atoms with E-state index in [4.69, 9.17) is 11.6 Å². The van der Waals surface area contributed by atoms with Crippen molar-refractivity contribution in [3.05, 3.63) is 82.4 Å². The molecule has 1 aliphatic heterocycles. The zero-order chi connectivity index (χ0) is 23.9. The second kappa shape index (κ2) is 8.94. The number of imide groups is 1. The molecule has 0 spiro atoms. The largest absolute Gasteiger partial charge is 0.292 e. The summed E-state index contributed by atoms with van der Waals surface area (Å²) in [5, 5.41) is 2.38. The smallest absolute Gasteiger partial charge is 0.273 e. The lowest BCUT2D eigenvalue weighted by molar-refractivity contribution is -0.156. The molecule has 2 aliphatic rings. The van der Waals surface area contributed by atoms with Crippen LogP contribution in [0, 0.1) is 24.7 Å². The van der Waals surface area contributed by atoms with E-state index in [1.165, 1.54) is 12.1 Å². The highest BCUT2D eigenvalue weighted by molar-refractivity contribution is 6.30. The number of benzene rings is 2. The second-order valence-corrected chi connectivity index (χ2v) is 9.14. The van der Waals surface area contributed by atoms with Gasteiger partial charge in [0.1, 0.15) is 6.04 Å². The SMILES string of the molecule is Cc1ccc(C(=O)[C@H](C)N(C(=O)c2ccc(Cl)cc2)N2C(=O)[C@H]3[C@H](C)C=CC[C@H]3C2=O)cc1. The molecule has 1 heterocycles. The molecule has 4 atom stereocenters. The summed E-state index contributed by atoms with van der Waals surface area (Å²) in [6.07, 6.45) is 4.24. The van der Waals surface area contributed by atoms with Gasteiger partial charge in [-0.25, -0.2) is 5.01 Å². The number of nitrogens with zero attached hydrogens (tertiary/aromatic N) is 2. The van der Waals surface area contributed by atoms with Gasteiger partial charge in [-0.15, -0.1) is 0 Å². The summed E-state index contributed by atoms with van der Waals surface area (Å²) in [4.78, 5) is 53.8. The Bertz CT molecular complexity index is 1140. The molecule has 0 N–H and O–H groups in total. The van der Waals surface area contributed by atoms with E-state index >= 15 is 0 Å². The van der Waals surface area contributed by atoms with Crippen LogP contribution in [0.1, 0.15) is 46.5 Å². The van der Waals surface area contributed by atoms with Gasteiger partial charge in [-0.3, -0.25) is 19.2 Å². The van der Waals surface area contributed by atoms with Crippen LogP contribution in [0.4, 0.5) is 0 Å². The van der Waals surface area contributed by atoms with Gasteiger partial charge >= 0.3 is 0 Å². The van der Waals surface area contributed by atoms with Crippen LogP contribution in [0.15, 0.2) is 60.7 Å². The Morgan fingerprint density at radius 3 is 2.21 bits per heavy atom. The number of carbonyl (C=O) groups excluding carboxylic acids is 4. The lowest BCUT2D eigenvalue weighted by Gasteiger charge is -2.34. The highest BCUT2D eigenvalue weighted by atomic mass is 35.5. The van der Waals surface area contributed by atoms with Crippen molar-refractivity contribution in [2.24, 2.45) is 17.8 Å². The van der Waals surface area contributed by atoms with Gasteiger partial charge in [0, 0.05) is 16.1 Å². The average Bonchev–Trinajstić information content (AvgIpc) is 3.05. The zero-order valence-corrected chi connectivity index (χ0v) is 19.5. The Balaban J connectivity index is 1.76. The van der Waals surface area contributed by atoms with Crippen molar-refractivity contribution < 1.29 is 19.2 Å². The summed E-state index contributed by atoms with van der Waals surface area (Å²) in [6, 6.07) is 12.0. The molecule has 3 amide bonds. The van der Waals surface area contributed by atoms with Crippen molar-refractivity contribution >= 4 is 35.1 Å². The number of amides is 3. The van der Waals surface area contributed by atoms with E-state index < -0.39 is 35.6 Å². The molecule has 0 unspecified atom stereocenters. The predicted molar refractivity (Wildman–Crippen MR) is 124 cm³/mol. The number of aryl methyl sites for hydroxylation is 1. The van der Waals surface area contributed by atoms with Crippen LogP contribution in [-0.2, 0) is 9.59 Å². The lowest BCUT2D eigenvalue weighted by atomic mass is 9.78. The molecule has 2 aromatic rings. The second-order valence-electron chi connectivity index (χ2n) is 8.71. The molecule has 0 saturated carbocycles. The van der Waals surface area contributed by atoms with Crippen LogP contribution in [0.5, 0.6) is 0 Å². The third-order valence-electron chi connectivity index (χ3n) is 6.45. The fraction of sp³-hybridized carbons (Fsp3) is 0.308. The van der Waals surface area contributed by atoms with Gasteiger partial charge in [0.2, 0.25) is 0 Å². The number of fused-ring (bicyclic) bond motifs is 1. The van der Waals surface area contributed by atoms with Crippen LogP contribution < -0.4 is 0 Å². The molecule has 7 heteroatoms. The number of hydrogen-bond donors (Lipinski definition) is 0. The summed E-state index contributed by atoms with van der Waals surface area (Å²) < 4.78 is 0. The highest BCUT2D eigenvalue weighted by Crippen LogP contribution is 2.40. The number of hydrazine groups is 1. The van der Waals surface area contributed by atoms with Crippen molar-refractivity contribution in [2.45, 2.75) is 33.2 Å². The van der Waals surface area contributed by atoms with Crippen LogP contribution in [0.25, 0.3) is 0 Å². The third kappa shape index (κ3) is 4.11. The van der Waals surface area contributed by atoms with Crippen LogP contribution in [0.2, 0.25) is 5.02 Å². The van der Waals surface area contributed by atoms with Gasteiger partial charge in [0.15, 0.2) is 5.78 Å². The average molecular weight is 465 g/mol. The Morgan fingerprint density at radius 2 is 1.61 bits per heavy atom. The molecule has 0 radical (unpaired) electrons. The van der Waals surface area contributed by atoms with E-state index in [1.807, 2.05) is 26.0 Å². The molecule has 2 aromatic carbocycles. The van der Waals surface area contributed by atoms with Crippen molar-refractivity contribution in [1.82, 2.24) is 10.0 Å². The Hall–Kier alpha value is -3.25. The maximum atomic E-state index is 13.6. The molecule has 4 rings (SSSR count). The van der Waals surface area contributed by atoms with Gasteiger partial charge in [-0.1, -0.05) is 60.5 Å². The first-order chi connectivity index (χ1) is 15.7. The van der Waals surface area contributed by atoms with Crippen LogP contribution >= 0.6 is 11.6 Å². The fourth-order valence-electron chi connectivity index (χ4n) is 4.58. The Kier molecular flexibility index (Phi) is 6.21. The van der Waals surface area contributed by atoms with E-state index in [-0.39, 0.29) is 17.3 Å². The van der Waals surface area contributed by atoms with Gasteiger partial charge in [-0.2, -0.15) is 5.01 Å². The van der Waals surface area contributed by atoms with E-state index in [1.54, 1.807) is 43.3 Å². The Morgan fingerprint density at radius 1 is 1.00 bits per heavy atom. The summed E-state index contributed by atoms with van der Waals surface area (Å²) in [5.74, 6) is -3.11. The Labute approximate surface area is 197 Å². The predicted octanol–water partition coefficient (Wildman–Crippen LogP) is 4.47. The summed E-state index contributed by atoms with van der Waals surface area (Å²) in [5.41, 5.74) is 1.61. The molecule has 1 aliphatic carbocycles. The van der Waals surface area contributed by atoms with Gasteiger partial charge in [0.05, 0.1) is 11.8 Å². The van der Waals surface area contributed by atoms with Crippen molar-refractivity contribution in [2.75, 3.05) is 0 Å². The monoisotopic (exact) mass is 464 g/mol. The lowest BCUT2D eigenvalue weighted by Crippen LogP contribution is -2.56. The van der Waals surface area contributed by atoms with Crippen molar-refractivity contribution in [3.63, 3.8) is 0 Å². The molecular weight excluding hydrogens is 440 g/mol. The number of rotatable bonds is 5. The van der Waals surface area contributed by atoms with E-state index in [0.717, 1.165) is 15.6 Å². The molecule has 1 fully saturated rings. The molecule has 0 aromatic heterocycles. The van der Waals surface area contributed by atoms with E-state index in [2.05, 4.69) is 0 Å². The summed E-state index contributed by atoms with van der Waals surface area (Å²) >= 11 is 5.97. The molecule has 33 heavy (non-hydrogen) atoms. The number of allylic oxidation sites excluding steroid dienone is 2. The normalized spacial score (nSPS) is 22.8. The standard InChI is InChI=1S/C26H25ClN2O4/c1-15-7-9-18(10-8-15)23(30)17(3)28(24(31)19-11-13-20(27)14-12-19)29-25(32)21-6-4-5-16(2)22(21)26(29)33/h4-5,7-14,16-17,21-22H,6H2,1-3H3/t16-,17+,21-,22+/m1/s1. The first kappa shape index (κ1) is 22.9. The molecule has 0 bridgehead atoms. The summed E-state index contributed by atoms with van der Waals surface area (Å²) in [7, 11) is 0. The number of halogens is 1. The van der Waals surface area contributed by atoms with E-state index in [9.17, 15) is 19.2 Å². The minimum Gasteiger partial charge on any atom is -0.292 e. The van der Waals surface area contributed by atoms with Gasteiger partial charge in [-0.05, 0) is 50.5 Å². The summed E-state index contributed by atoms with van der Waals surface area (Å²) in [6.45, 7) is 5.33. The minimum absolute atomic E-state index is 0.138. The first-order valence-corrected chi connectivity index (χ1v) is 11.3. The van der Waals surface area contributed by atoms with Crippen LogP contribution in [-0.4, -0.2) is 39.6 Å². The number of ketones is 1. The van der Waals surface area contributed by atoms with Gasteiger partial charge in [0.25, 0.3) is 17.7 Å². The number of hydrogen-bond acceptors (Lipinski definition) is 4. The maximum Gasteiger partial charge on any atom is 0.273 e. The molecular formula is C26H25ClN2O4. The molecule has 170 valence electrons. The number of Topliss-reactive ketones (excluding diaryl/α,β-unsaturated/α-hetero) is 1. The van der Waals surface area contributed by atoms with Gasteiger partial charge < -0.3 is 0 Å². The zero-order valence-electron chi connectivity index (χ0n) is 18.7. The fourth-order valence-corrected chi connectivity index (χ4v) is 4.70.